The van der Waals surface area contributed by atoms with E-state index in [0.717, 1.165) is 27.1 Å². The minimum Gasteiger partial charge on any atom is -0.507 e. The van der Waals surface area contributed by atoms with E-state index in [-0.39, 0.29) is 17.4 Å². The first-order chi connectivity index (χ1) is 19.2. The summed E-state index contributed by atoms with van der Waals surface area (Å²) in [7, 11) is 0. The highest BCUT2D eigenvalue weighted by atomic mass is 32.1. The van der Waals surface area contributed by atoms with E-state index in [9.17, 15) is 14.7 Å². The van der Waals surface area contributed by atoms with Gasteiger partial charge in [0.2, 0.25) is 0 Å². The van der Waals surface area contributed by atoms with Crippen LogP contribution in [0, 0.1) is 0 Å². The van der Waals surface area contributed by atoms with E-state index in [1.165, 1.54) is 16.2 Å². The zero-order valence-corrected chi connectivity index (χ0v) is 23.6. The highest BCUT2D eigenvalue weighted by Gasteiger charge is 2.48. The van der Waals surface area contributed by atoms with Crippen molar-refractivity contribution in [3.63, 3.8) is 0 Å². The summed E-state index contributed by atoms with van der Waals surface area (Å²) in [4.78, 5) is 33.4. The first kappa shape index (κ1) is 26.1. The lowest BCUT2D eigenvalue weighted by atomic mass is 9.93. The fraction of sp³-hybridized carbons (Fsp3) is 0.281. The molecule has 8 heteroatoms. The van der Waals surface area contributed by atoms with Gasteiger partial charge in [-0.15, -0.1) is 0 Å². The summed E-state index contributed by atoms with van der Waals surface area (Å²) >= 11 is 1.31. The molecular formula is C32H30N2O5S. The summed E-state index contributed by atoms with van der Waals surface area (Å²) < 4.78 is 12.3. The standard InChI is InChI=1S/C32H30N2O5S/c1-5-38-23-11-12-24-26(16-23)40-32(33-24)34-28(20-8-6-19(7-9-20)17(2)3)27(30(36)31(34)37)29(35)21-10-13-25-22(15-21)14-18(4)39-25/h6-13,15-18,28,35H,5,14H2,1-4H3/b29-27+. The first-order valence-corrected chi connectivity index (χ1v) is 14.3. The normalized spacial score (nSPS) is 19.9. The van der Waals surface area contributed by atoms with Crippen LogP contribution in [0.3, 0.4) is 0 Å². The minimum atomic E-state index is -0.837. The Labute approximate surface area is 236 Å². The van der Waals surface area contributed by atoms with Crippen molar-refractivity contribution in [1.29, 1.82) is 0 Å². The van der Waals surface area contributed by atoms with Crippen molar-refractivity contribution in [2.24, 2.45) is 0 Å². The van der Waals surface area contributed by atoms with Gasteiger partial charge in [-0.2, -0.15) is 0 Å². The van der Waals surface area contributed by atoms with Crippen molar-refractivity contribution in [1.82, 2.24) is 4.98 Å². The molecule has 6 rings (SSSR count). The summed E-state index contributed by atoms with van der Waals surface area (Å²) in [5.41, 5.74) is 4.04. The zero-order valence-electron chi connectivity index (χ0n) is 22.8. The van der Waals surface area contributed by atoms with Gasteiger partial charge >= 0.3 is 5.91 Å². The molecule has 3 heterocycles. The highest BCUT2D eigenvalue weighted by molar-refractivity contribution is 7.22. The molecule has 1 fully saturated rings. The molecule has 1 N–H and O–H groups in total. The van der Waals surface area contributed by atoms with Crippen molar-refractivity contribution in [2.45, 2.75) is 52.2 Å². The Morgan fingerprint density at radius 3 is 2.62 bits per heavy atom. The van der Waals surface area contributed by atoms with E-state index < -0.39 is 17.7 Å². The van der Waals surface area contributed by atoms with E-state index in [0.29, 0.717) is 40.9 Å². The molecule has 1 amide bonds. The molecular weight excluding hydrogens is 524 g/mol. The number of Topliss-reactive ketones (excluding diaryl/α,β-unsaturated/α-hetero) is 1. The molecule has 2 aliphatic rings. The van der Waals surface area contributed by atoms with Crippen LogP contribution in [0.15, 0.2) is 66.2 Å². The monoisotopic (exact) mass is 554 g/mol. The Bertz CT molecular complexity index is 1670. The molecule has 1 aromatic heterocycles. The van der Waals surface area contributed by atoms with Gasteiger partial charge in [0.15, 0.2) is 5.13 Å². The summed E-state index contributed by atoms with van der Waals surface area (Å²) in [5, 5.41) is 12.0. The van der Waals surface area contributed by atoms with Gasteiger partial charge in [0.25, 0.3) is 5.78 Å². The number of carbonyl (C=O) groups is 2. The largest absolute Gasteiger partial charge is 0.507 e. The lowest BCUT2D eigenvalue weighted by Crippen LogP contribution is -2.29. The van der Waals surface area contributed by atoms with Gasteiger partial charge in [-0.3, -0.25) is 14.5 Å². The van der Waals surface area contributed by atoms with E-state index in [1.54, 1.807) is 12.1 Å². The van der Waals surface area contributed by atoms with Gasteiger partial charge in [0.1, 0.15) is 23.4 Å². The Morgan fingerprint density at radius 1 is 1.12 bits per heavy atom. The second kappa shape index (κ2) is 10.1. The lowest BCUT2D eigenvalue weighted by molar-refractivity contribution is -0.132. The van der Waals surface area contributed by atoms with Crippen LogP contribution in [0.2, 0.25) is 0 Å². The number of aliphatic hydroxyl groups excluding tert-OH is 1. The Morgan fingerprint density at radius 2 is 1.90 bits per heavy atom. The molecule has 0 radical (unpaired) electrons. The lowest BCUT2D eigenvalue weighted by Gasteiger charge is -2.23. The van der Waals surface area contributed by atoms with Crippen LogP contribution in [0.5, 0.6) is 11.5 Å². The summed E-state index contributed by atoms with van der Waals surface area (Å²) in [6, 6.07) is 17.9. The fourth-order valence-electron chi connectivity index (χ4n) is 5.39. The number of anilines is 1. The summed E-state index contributed by atoms with van der Waals surface area (Å²) in [6.45, 7) is 8.66. The van der Waals surface area contributed by atoms with Crippen molar-refractivity contribution in [2.75, 3.05) is 11.5 Å². The van der Waals surface area contributed by atoms with Crippen LogP contribution in [0.4, 0.5) is 5.13 Å². The number of hydrogen-bond acceptors (Lipinski definition) is 7. The molecule has 2 atom stereocenters. The van der Waals surface area contributed by atoms with Crippen LogP contribution in [0.25, 0.3) is 16.0 Å². The van der Waals surface area contributed by atoms with Crippen molar-refractivity contribution >= 4 is 44.1 Å². The molecule has 0 saturated carbocycles. The van der Waals surface area contributed by atoms with Crippen LogP contribution in [0.1, 0.15) is 61.9 Å². The van der Waals surface area contributed by atoms with Crippen LogP contribution in [-0.2, 0) is 16.0 Å². The average Bonchev–Trinajstić information content (AvgIpc) is 3.60. The molecule has 204 valence electrons. The predicted octanol–water partition coefficient (Wildman–Crippen LogP) is 6.77. The maximum absolute atomic E-state index is 13.6. The topological polar surface area (TPSA) is 89.0 Å². The molecule has 40 heavy (non-hydrogen) atoms. The number of ether oxygens (including phenoxy) is 2. The van der Waals surface area contributed by atoms with Gasteiger partial charge in [-0.1, -0.05) is 49.4 Å². The third kappa shape index (κ3) is 4.42. The molecule has 2 unspecified atom stereocenters. The van der Waals surface area contributed by atoms with Crippen molar-refractivity contribution < 1.29 is 24.2 Å². The van der Waals surface area contributed by atoms with E-state index in [4.69, 9.17) is 14.5 Å². The van der Waals surface area contributed by atoms with Crippen molar-refractivity contribution in [3.05, 3.63) is 88.5 Å². The van der Waals surface area contributed by atoms with Gasteiger partial charge in [0, 0.05) is 12.0 Å². The molecule has 0 bridgehead atoms. The van der Waals surface area contributed by atoms with E-state index in [2.05, 4.69) is 13.8 Å². The predicted molar refractivity (Wildman–Crippen MR) is 156 cm³/mol. The molecule has 3 aromatic carbocycles. The zero-order chi connectivity index (χ0) is 28.1. The maximum atomic E-state index is 13.6. The fourth-order valence-corrected chi connectivity index (χ4v) is 6.41. The third-order valence-electron chi connectivity index (χ3n) is 7.40. The number of thiazole rings is 1. The minimum absolute atomic E-state index is 0.0414. The number of amides is 1. The number of rotatable bonds is 6. The first-order valence-electron chi connectivity index (χ1n) is 13.5. The molecule has 1 saturated heterocycles. The Hall–Kier alpha value is -4.17. The van der Waals surface area contributed by atoms with Crippen LogP contribution < -0.4 is 14.4 Å². The van der Waals surface area contributed by atoms with E-state index >= 15 is 0 Å². The number of aromatic nitrogens is 1. The van der Waals surface area contributed by atoms with Gasteiger partial charge in [-0.25, -0.2) is 4.98 Å². The molecule has 2 aliphatic heterocycles. The second-order valence-corrected chi connectivity index (χ2v) is 11.5. The smallest absolute Gasteiger partial charge is 0.301 e. The third-order valence-corrected chi connectivity index (χ3v) is 8.42. The number of benzene rings is 3. The van der Waals surface area contributed by atoms with E-state index in [1.807, 2.05) is 62.4 Å². The number of nitrogens with zero attached hydrogens (tertiary/aromatic N) is 2. The molecule has 4 aromatic rings. The number of aliphatic hydroxyl groups is 1. The average molecular weight is 555 g/mol. The Kier molecular flexibility index (Phi) is 6.58. The highest BCUT2D eigenvalue weighted by Crippen LogP contribution is 2.45. The molecule has 7 nitrogen and oxygen atoms in total. The number of ketones is 1. The second-order valence-electron chi connectivity index (χ2n) is 10.5. The number of fused-ring (bicyclic) bond motifs is 2. The van der Waals surface area contributed by atoms with Gasteiger partial charge in [-0.05, 0) is 72.9 Å². The number of hydrogen-bond donors (Lipinski definition) is 1. The van der Waals surface area contributed by atoms with Gasteiger partial charge < -0.3 is 14.6 Å². The Balaban J connectivity index is 1.50. The maximum Gasteiger partial charge on any atom is 0.301 e. The summed E-state index contributed by atoms with van der Waals surface area (Å²) in [6.07, 6.45) is 0.750. The van der Waals surface area contributed by atoms with Crippen LogP contribution in [-0.4, -0.2) is 34.5 Å². The molecule has 0 spiro atoms. The SMILES string of the molecule is CCOc1ccc2nc(N3C(=O)C(=O)/C(=C(/O)c4ccc5c(c4)CC(C)O5)C3c3ccc(C(C)C)cc3)sc2c1. The quantitative estimate of drug-likeness (QED) is 0.161. The summed E-state index contributed by atoms with van der Waals surface area (Å²) in [5.74, 6) is 0.131. The van der Waals surface area contributed by atoms with Gasteiger partial charge in [0.05, 0.1) is 28.4 Å². The van der Waals surface area contributed by atoms with Crippen molar-refractivity contribution in [3.8, 4) is 11.5 Å². The van der Waals surface area contributed by atoms with Crippen LogP contribution >= 0.6 is 11.3 Å². The molecule has 0 aliphatic carbocycles. The number of carbonyl (C=O) groups excluding carboxylic acids is 2.